The molecular formula is C19H32O3SSi. The first kappa shape index (κ1) is 20.0. The predicted octanol–water partition coefficient (Wildman–Crippen LogP) is 5.06. The molecule has 2 rings (SSSR count). The molecule has 1 heterocycles. The van der Waals surface area contributed by atoms with Crippen molar-refractivity contribution in [1.29, 1.82) is 0 Å². The summed E-state index contributed by atoms with van der Waals surface area (Å²) >= 11 is 1.68. The van der Waals surface area contributed by atoms with Crippen LogP contribution < -0.4 is 0 Å². The average Bonchev–Trinajstić information content (AvgIpc) is 2.56. The minimum Gasteiger partial charge on any atom is -0.408 e. The van der Waals surface area contributed by atoms with Crippen LogP contribution in [0, 0.1) is 0 Å². The maximum absolute atomic E-state index is 11.1. The zero-order chi connectivity index (χ0) is 17.8. The lowest BCUT2D eigenvalue weighted by Gasteiger charge is -2.48. The van der Waals surface area contributed by atoms with Crippen molar-refractivity contribution in [2.45, 2.75) is 87.3 Å². The van der Waals surface area contributed by atoms with Crippen molar-refractivity contribution in [3.63, 3.8) is 0 Å². The monoisotopic (exact) mass is 368 g/mol. The Kier molecular flexibility index (Phi) is 6.97. The summed E-state index contributed by atoms with van der Waals surface area (Å²) in [5, 5.41) is 11.1. The van der Waals surface area contributed by atoms with E-state index in [0.717, 1.165) is 18.1 Å². The highest BCUT2D eigenvalue weighted by molar-refractivity contribution is 7.99. The van der Waals surface area contributed by atoms with E-state index in [4.69, 9.17) is 9.16 Å². The number of aliphatic hydroxyl groups is 1. The molecule has 1 aliphatic rings. The van der Waals surface area contributed by atoms with Gasteiger partial charge in [0.05, 0.1) is 17.8 Å². The summed E-state index contributed by atoms with van der Waals surface area (Å²) < 4.78 is 12.8. The molecule has 3 nitrogen and oxygen atoms in total. The minimum absolute atomic E-state index is 0.0433. The van der Waals surface area contributed by atoms with Crippen molar-refractivity contribution in [1.82, 2.24) is 0 Å². The maximum atomic E-state index is 11.1. The fourth-order valence-corrected chi connectivity index (χ4v) is 7.78. The summed E-state index contributed by atoms with van der Waals surface area (Å²) in [6, 6.07) is 13.5. The van der Waals surface area contributed by atoms with E-state index in [0.29, 0.717) is 6.42 Å². The van der Waals surface area contributed by atoms with Gasteiger partial charge < -0.3 is 14.3 Å². The Morgan fingerprint density at radius 3 is 2.29 bits per heavy atom. The van der Waals surface area contributed by atoms with Gasteiger partial charge in [0.1, 0.15) is 5.44 Å². The van der Waals surface area contributed by atoms with Crippen LogP contribution in [0.15, 0.2) is 35.2 Å². The fraction of sp³-hybridized carbons (Fsp3) is 0.684. The van der Waals surface area contributed by atoms with Crippen LogP contribution in [-0.2, 0) is 9.16 Å². The van der Waals surface area contributed by atoms with Gasteiger partial charge in [0, 0.05) is 11.3 Å². The summed E-state index contributed by atoms with van der Waals surface area (Å²) in [4.78, 5) is 1.17. The third-order valence-electron chi connectivity index (χ3n) is 5.31. The maximum Gasteiger partial charge on any atom is 0.192 e. The zero-order valence-corrected chi connectivity index (χ0v) is 17.4. The molecule has 24 heavy (non-hydrogen) atoms. The molecule has 0 bridgehead atoms. The van der Waals surface area contributed by atoms with Crippen molar-refractivity contribution >= 4 is 20.1 Å². The summed E-state index contributed by atoms with van der Waals surface area (Å²) in [6.07, 6.45) is 0.242. The van der Waals surface area contributed by atoms with E-state index in [1.165, 1.54) is 4.90 Å². The summed E-state index contributed by atoms with van der Waals surface area (Å²) in [7, 11) is -1.78. The zero-order valence-electron chi connectivity index (χ0n) is 15.6. The lowest BCUT2D eigenvalue weighted by molar-refractivity contribution is -0.177. The molecule has 136 valence electrons. The van der Waals surface area contributed by atoms with E-state index >= 15 is 0 Å². The molecule has 1 aromatic carbocycles. The fourth-order valence-electron chi connectivity index (χ4n) is 3.53. The molecule has 1 saturated heterocycles. The van der Waals surface area contributed by atoms with Crippen molar-refractivity contribution in [2.75, 3.05) is 0 Å². The van der Waals surface area contributed by atoms with Gasteiger partial charge in [0.25, 0.3) is 0 Å². The quantitative estimate of drug-likeness (QED) is 0.683. The van der Waals surface area contributed by atoms with Gasteiger partial charge in [0.2, 0.25) is 0 Å². The van der Waals surface area contributed by atoms with E-state index in [1.807, 2.05) is 32.0 Å². The number of benzene rings is 1. The van der Waals surface area contributed by atoms with Gasteiger partial charge >= 0.3 is 0 Å². The van der Waals surface area contributed by atoms with Crippen LogP contribution in [0.2, 0.25) is 18.1 Å². The SMILES string of the molecule is CC[Si](CC)(CC)O[C@H]1[C@H](C)O[C@H](Sc2ccccc2)C[C@]1(C)O. The van der Waals surface area contributed by atoms with Crippen LogP contribution in [0.25, 0.3) is 0 Å². The van der Waals surface area contributed by atoms with Crippen molar-refractivity contribution < 1.29 is 14.3 Å². The molecule has 1 N–H and O–H groups in total. The van der Waals surface area contributed by atoms with Gasteiger partial charge in [0.15, 0.2) is 8.32 Å². The molecule has 4 atom stereocenters. The first-order chi connectivity index (χ1) is 11.4. The Bertz CT molecular complexity index is 496. The largest absolute Gasteiger partial charge is 0.408 e. The predicted molar refractivity (Wildman–Crippen MR) is 104 cm³/mol. The second kappa shape index (κ2) is 8.36. The van der Waals surface area contributed by atoms with E-state index < -0.39 is 13.9 Å². The Morgan fingerprint density at radius 1 is 1.21 bits per heavy atom. The first-order valence-electron chi connectivity index (χ1n) is 9.13. The normalized spacial score (nSPS) is 31.2. The van der Waals surface area contributed by atoms with Gasteiger partial charge in [-0.3, -0.25) is 0 Å². The van der Waals surface area contributed by atoms with Crippen LogP contribution in [0.1, 0.15) is 41.0 Å². The topological polar surface area (TPSA) is 38.7 Å². The number of hydrogen-bond donors (Lipinski definition) is 1. The van der Waals surface area contributed by atoms with Crippen molar-refractivity contribution in [3.8, 4) is 0 Å². The van der Waals surface area contributed by atoms with Gasteiger partial charge in [-0.15, -0.1) is 0 Å². The molecule has 1 aromatic rings. The van der Waals surface area contributed by atoms with Gasteiger partial charge in [-0.25, -0.2) is 0 Å². The second-order valence-corrected chi connectivity index (χ2v) is 13.0. The molecule has 0 amide bonds. The van der Waals surface area contributed by atoms with Gasteiger partial charge in [-0.1, -0.05) is 50.7 Å². The molecule has 0 unspecified atom stereocenters. The van der Waals surface area contributed by atoms with Crippen molar-refractivity contribution in [3.05, 3.63) is 30.3 Å². The Labute approximate surface area is 152 Å². The first-order valence-corrected chi connectivity index (χ1v) is 12.5. The highest BCUT2D eigenvalue weighted by Crippen LogP contribution is 2.40. The minimum atomic E-state index is -1.78. The molecule has 0 saturated carbocycles. The number of ether oxygens (including phenoxy) is 1. The summed E-state index contributed by atoms with van der Waals surface area (Å²) in [5.41, 5.74) is -0.903. The number of hydrogen-bond acceptors (Lipinski definition) is 4. The summed E-state index contributed by atoms with van der Waals surface area (Å²) in [6.45, 7) is 10.6. The smallest absolute Gasteiger partial charge is 0.192 e. The number of thioether (sulfide) groups is 1. The highest BCUT2D eigenvalue weighted by Gasteiger charge is 2.48. The molecule has 0 radical (unpaired) electrons. The third-order valence-corrected chi connectivity index (χ3v) is 11.0. The Morgan fingerprint density at radius 2 is 1.79 bits per heavy atom. The average molecular weight is 369 g/mol. The summed E-state index contributed by atoms with van der Waals surface area (Å²) in [5.74, 6) is 0. The molecular weight excluding hydrogens is 336 g/mol. The van der Waals surface area contributed by atoms with E-state index in [2.05, 4.69) is 32.9 Å². The Hall–Kier alpha value is -0.333. The lowest BCUT2D eigenvalue weighted by Crippen LogP contribution is -2.59. The molecule has 0 aliphatic carbocycles. The van der Waals surface area contributed by atoms with E-state index in [1.54, 1.807) is 11.8 Å². The van der Waals surface area contributed by atoms with Crippen LogP contribution in [0.3, 0.4) is 0 Å². The highest BCUT2D eigenvalue weighted by atomic mass is 32.2. The van der Waals surface area contributed by atoms with Crippen LogP contribution >= 0.6 is 11.8 Å². The van der Waals surface area contributed by atoms with Crippen molar-refractivity contribution in [2.24, 2.45) is 0 Å². The lowest BCUT2D eigenvalue weighted by atomic mass is 9.90. The van der Waals surface area contributed by atoms with Crippen LogP contribution in [0.4, 0.5) is 0 Å². The Balaban J connectivity index is 2.09. The molecule has 1 aliphatic heterocycles. The van der Waals surface area contributed by atoms with E-state index in [-0.39, 0.29) is 17.6 Å². The molecule has 1 fully saturated rings. The van der Waals surface area contributed by atoms with Crippen LogP contribution in [0.5, 0.6) is 0 Å². The van der Waals surface area contributed by atoms with Crippen LogP contribution in [-0.4, -0.2) is 36.7 Å². The van der Waals surface area contributed by atoms with Gasteiger partial charge in [-0.2, -0.15) is 0 Å². The second-order valence-electron chi connectivity index (χ2n) is 7.05. The standard InChI is InChI=1S/C19H32O3SSi/c1-6-24(7-2,8-3)22-18-15(4)21-17(14-19(18,5)20)23-16-12-10-9-11-13-16/h9-13,15,17-18,20H,6-8,14H2,1-5H3/t15-,17+,18-,19-/m0/s1. The number of rotatable bonds is 7. The molecule has 0 spiro atoms. The third kappa shape index (κ3) is 4.64. The molecule has 5 heteroatoms. The van der Waals surface area contributed by atoms with Gasteiger partial charge in [-0.05, 0) is 44.1 Å². The molecule has 0 aromatic heterocycles. The van der Waals surface area contributed by atoms with E-state index in [9.17, 15) is 5.11 Å².